The van der Waals surface area contributed by atoms with Crippen LogP contribution in [0.15, 0.2) is 72.3 Å². The molecule has 0 bridgehead atoms. The van der Waals surface area contributed by atoms with Crippen molar-refractivity contribution in [1.29, 1.82) is 0 Å². The summed E-state index contributed by atoms with van der Waals surface area (Å²) in [4.78, 5) is 0. The number of hydrogen-bond acceptors (Lipinski definition) is 0. The van der Waals surface area contributed by atoms with Crippen molar-refractivity contribution >= 4 is 11.4 Å². The monoisotopic (exact) mass is 542 g/mol. The molecule has 1 aliphatic heterocycles. The van der Waals surface area contributed by atoms with E-state index in [2.05, 4.69) is 99.3 Å². The number of aryl methyl sites for hydroxylation is 2. The van der Waals surface area contributed by atoms with Crippen LogP contribution < -0.4 is 0 Å². The van der Waals surface area contributed by atoms with Gasteiger partial charge in [-0.1, -0.05) is 89.3 Å². The maximum atomic E-state index is 11.4. The molecule has 2 aromatic rings. The normalized spacial score (nSPS) is 13.3. The molecule has 3 heteroatoms. The molecule has 0 radical (unpaired) electrons. The van der Waals surface area contributed by atoms with Crippen molar-refractivity contribution in [3.8, 4) is 0 Å². The van der Waals surface area contributed by atoms with Gasteiger partial charge in [0.15, 0.2) is 0 Å². The van der Waals surface area contributed by atoms with Crippen LogP contribution in [-0.4, -0.2) is 4.70 Å². The Morgan fingerprint density at radius 1 is 0.757 bits per heavy atom. The van der Waals surface area contributed by atoms with Crippen LogP contribution in [0.4, 0.5) is 0 Å². The van der Waals surface area contributed by atoms with Gasteiger partial charge in [-0.2, -0.15) is 0 Å². The van der Waals surface area contributed by atoms with Crippen LogP contribution >= 0.6 is 0 Å². The van der Waals surface area contributed by atoms with E-state index in [4.69, 9.17) is 0 Å². The molecule has 0 spiro atoms. The number of rotatable bonds is 14. The zero-order chi connectivity index (χ0) is 26.9. The van der Waals surface area contributed by atoms with Gasteiger partial charge in [-0.05, 0) is 73.9 Å². The van der Waals surface area contributed by atoms with Gasteiger partial charge in [0.25, 0.3) is 0 Å². The fourth-order valence-electron chi connectivity index (χ4n) is 4.56. The summed E-state index contributed by atoms with van der Waals surface area (Å²) in [5, 5.41) is 0. The summed E-state index contributed by atoms with van der Waals surface area (Å²) >= 11 is 1.62. The van der Waals surface area contributed by atoms with Crippen molar-refractivity contribution in [1.82, 2.24) is 0 Å². The van der Waals surface area contributed by atoms with Gasteiger partial charge in [0, 0.05) is 17.2 Å². The molecule has 3 rings (SSSR count). The predicted octanol–water partition coefficient (Wildman–Crippen LogP) is 10.9. The summed E-state index contributed by atoms with van der Waals surface area (Å²) in [6, 6.07) is 17.3. The number of benzene rings is 2. The number of unbranched alkanes of at least 4 members (excludes halogenated alkanes) is 6. The summed E-state index contributed by atoms with van der Waals surface area (Å²) < 4.78 is 1.41. The van der Waals surface area contributed by atoms with Crippen LogP contribution in [0.1, 0.15) is 101 Å². The van der Waals surface area contributed by atoms with E-state index in [1.54, 1.807) is 14.4 Å². The van der Waals surface area contributed by atoms with E-state index >= 15 is 0 Å². The van der Waals surface area contributed by atoms with Crippen molar-refractivity contribution in [3.05, 3.63) is 100 Å². The molecule has 2 nitrogen and oxygen atoms in total. The molecule has 1 heterocycles. The summed E-state index contributed by atoms with van der Waals surface area (Å²) in [6.07, 6.45) is 19.7. The molecule has 0 aliphatic carbocycles. The van der Waals surface area contributed by atoms with Gasteiger partial charge in [0.1, 0.15) is 0 Å². The van der Waals surface area contributed by atoms with E-state index in [-0.39, 0.29) is 0 Å². The van der Waals surface area contributed by atoms with E-state index in [0.29, 0.717) is 0 Å². The van der Waals surface area contributed by atoms with Crippen molar-refractivity contribution in [3.63, 3.8) is 0 Å². The summed E-state index contributed by atoms with van der Waals surface area (Å²) in [5.41, 5.74) is 19.0. The van der Waals surface area contributed by atoms with Crippen molar-refractivity contribution in [2.24, 2.45) is 0 Å². The van der Waals surface area contributed by atoms with Gasteiger partial charge >= 0.3 is 26.2 Å². The molecule has 0 N–H and O–H groups in total. The molecule has 0 fully saturated rings. The molecule has 0 unspecified atom stereocenters. The predicted molar refractivity (Wildman–Crippen MR) is 158 cm³/mol. The third-order valence-electron chi connectivity index (χ3n) is 6.59. The Labute approximate surface area is 233 Å². The molecular weight excluding hydrogens is 495 g/mol. The Kier molecular flexibility index (Phi) is 15.1. The molecule has 0 atom stereocenters. The molecule has 204 valence electrons. The van der Waals surface area contributed by atoms with Gasteiger partial charge in [0.05, 0.1) is 5.57 Å². The first-order valence-electron chi connectivity index (χ1n) is 14.1. The molecule has 0 aromatic heterocycles. The third kappa shape index (κ3) is 10.2. The van der Waals surface area contributed by atoms with Crippen LogP contribution in [-0.2, 0) is 27.3 Å². The fraction of sp³-hybridized carbons (Fsp3) is 0.471. The van der Waals surface area contributed by atoms with Gasteiger partial charge in [-0.25, -0.2) is 4.70 Å². The first-order valence-corrected chi connectivity index (χ1v) is 16.1. The minimum atomic E-state index is 0.859. The van der Waals surface area contributed by atoms with E-state index in [9.17, 15) is 5.53 Å². The zero-order valence-corrected chi connectivity index (χ0v) is 24.8. The number of allylic oxidation sites excluding steroid dienone is 4. The first kappa shape index (κ1) is 31.0. The van der Waals surface area contributed by atoms with E-state index in [1.807, 2.05) is 0 Å². The molecule has 0 amide bonds. The van der Waals surface area contributed by atoms with Crippen molar-refractivity contribution in [2.75, 3.05) is 0 Å². The molecule has 0 saturated heterocycles. The minimum absolute atomic E-state index is 0.859. The second kappa shape index (κ2) is 18.1. The van der Waals surface area contributed by atoms with Gasteiger partial charge < -0.3 is 5.53 Å². The Bertz CT molecular complexity index is 1060. The second-order valence-electron chi connectivity index (χ2n) is 9.82. The SMILES string of the molecule is CCCCCCC=CC1=C(c2cccc(CCCC)c2)[N+](=[N-])C(c2cccc(CCCC)c2)=C1.[CH3][Ni][CH3]. The Hall–Kier alpha value is -2.25. The van der Waals surface area contributed by atoms with Crippen molar-refractivity contribution in [2.45, 2.75) is 103 Å². The summed E-state index contributed by atoms with van der Waals surface area (Å²) in [6.45, 7) is 6.71. The summed E-state index contributed by atoms with van der Waals surface area (Å²) in [5.74, 6) is 4.12. The van der Waals surface area contributed by atoms with Gasteiger partial charge in [-0.15, -0.1) is 0 Å². The fourth-order valence-corrected chi connectivity index (χ4v) is 4.56. The van der Waals surface area contributed by atoms with Gasteiger partial charge in [-0.3, -0.25) is 0 Å². The topological polar surface area (TPSA) is 25.3 Å². The molecule has 1 aliphatic rings. The van der Waals surface area contributed by atoms with Crippen LogP contribution in [0.25, 0.3) is 16.9 Å². The zero-order valence-electron chi connectivity index (χ0n) is 23.8. The first-order chi connectivity index (χ1) is 18.1. The van der Waals surface area contributed by atoms with E-state index < -0.39 is 0 Å². The average Bonchev–Trinajstić information content (AvgIpc) is 3.24. The molecule has 37 heavy (non-hydrogen) atoms. The Morgan fingerprint density at radius 3 is 1.92 bits per heavy atom. The van der Waals surface area contributed by atoms with E-state index in [0.717, 1.165) is 47.4 Å². The number of hydrogen-bond donors (Lipinski definition) is 0. The standard InChI is InChI=1S/C32H42N2.2CH3.Ni/c1-4-7-10-11-12-13-20-30-25-31(28-21-14-18-26(23-28)16-8-5-2)34(33)32(30)29-22-15-19-27(24-29)17-9-6-3;;;/h13-15,18-25H,4-12,16-17H2,1-3H3;2*1H3;. The molecule has 0 saturated carbocycles. The Morgan fingerprint density at radius 2 is 1.32 bits per heavy atom. The van der Waals surface area contributed by atoms with Crippen LogP contribution in [0, 0.1) is 0 Å². The van der Waals surface area contributed by atoms with Crippen LogP contribution in [0.2, 0.25) is 11.8 Å². The van der Waals surface area contributed by atoms with Crippen LogP contribution in [0.3, 0.4) is 0 Å². The molecular formula is C34H48N2Ni. The Balaban J connectivity index is 0.00000153. The average molecular weight is 543 g/mol. The van der Waals surface area contributed by atoms with Crippen LogP contribution in [0.5, 0.6) is 0 Å². The van der Waals surface area contributed by atoms with Gasteiger partial charge in [0.2, 0.25) is 11.4 Å². The number of nitrogens with zero attached hydrogens (tertiary/aromatic N) is 2. The third-order valence-corrected chi connectivity index (χ3v) is 6.59. The second-order valence-corrected chi connectivity index (χ2v) is 10.8. The quantitative estimate of drug-likeness (QED) is 0.129. The molecule has 2 aromatic carbocycles. The summed E-state index contributed by atoms with van der Waals surface area (Å²) in [7, 11) is 0. The maximum absolute atomic E-state index is 11.4. The van der Waals surface area contributed by atoms with E-state index in [1.165, 1.54) is 67.2 Å². The van der Waals surface area contributed by atoms with Crippen molar-refractivity contribution < 1.29 is 19.1 Å².